The van der Waals surface area contributed by atoms with Crippen LogP contribution in [0, 0.1) is 5.82 Å². The van der Waals surface area contributed by atoms with Crippen molar-refractivity contribution in [2.45, 2.75) is 77.2 Å². The van der Waals surface area contributed by atoms with Gasteiger partial charge in [-0.15, -0.1) is 5.10 Å². The van der Waals surface area contributed by atoms with E-state index in [0.717, 1.165) is 18.4 Å². The highest BCUT2D eigenvalue weighted by atomic mass is 19.1. The summed E-state index contributed by atoms with van der Waals surface area (Å²) >= 11 is 0. The average Bonchev–Trinajstić information content (AvgIpc) is 3.26. The van der Waals surface area contributed by atoms with Crippen molar-refractivity contribution in [2.24, 2.45) is 0 Å². The lowest BCUT2D eigenvalue weighted by Gasteiger charge is -2.53. The maximum Gasteiger partial charge on any atom is 0.229 e. The van der Waals surface area contributed by atoms with Gasteiger partial charge in [0.25, 0.3) is 0 Å². The normalized spacial score (nSPS) is 20.5. The van der Waals surface area contributed by atoms with Crippen molar-refractivity contribution < 1.29 is 9.13 Å². The van der Waals surface area contributed by atoms with Gasteiger partial charge in [-0.05, 0) is 90.1 Å². The highest BCUT2D eigenvalue weighted by molar-refractivity contribution is 5.72. The average molecular weight is 482 g/mol. The summed E-state index contributed by atoms with van der Waals surface area (Å²) in [6, 6.07) is 5.66. The molecule has 0 amide bonds. The van der Waals surface area contributed by atoms with Crippen LogP contribution in [0.25, 0.3) is 11.4 Å². The zero-order valence-electron chi connectivity index (χ0n) is 21.2. The van der Waals surface area contributed by atoms with E-state index in [9.17, 15) is 4.39 Å². The molecule has 4 heterocycles. The van der Waals surface area contributed by atoms with Gasteiger partial charge in [-0.25, -0.2) is 9.37 Å². The molecule has 2 aliphatic rings. The van der Waals surface area contributed by atoms with Crippen LogP contribution in [0.4, 0.5) is 21.8 Å². The van der Waals surface area contributed by atoms with E-state index in [-0.39, 0.29) is 28.9 Å². The largest absolute Gasteiger partial charge is 0.466 e. The molecule has 35 heavy (non-hydrogen) atoms. The third-order valence-electron chi connectivity index (χ3n) is 7.21. The first kappa shape index (κ1) is 23.4. The summed E-state index contributed by atoms with van der Waals surface area (Å²) in [6.45, 7) is 12.6. The monoisotopic (exact) mass is 481 g/mol. The molecule has 5 rings (SSSR count). The van der Waals surface area contributed by atoms with Crippen molar-refractivity contribution in [3.63, 3.8) is 0 Å². The van der Waals surface area contributed by atoms with Gasteiger partial charge in [0.05, 0.1) is 11.8 Å². The van der Waals surface area contributed by atoms with E-state index in [2.05, 4.69) is 75.8 Å². The second-order valence-electron chi connectivity index (χ2n) is 11.1. The van der Waals surface area contributed by atoms with Crippen LogP contribution in [-0.4, -0.2) is 59.2 Å². The number of aromatic nitrogens is 6. The van der Waals surface area contributed by atoms with Crippen LogP contribution in [0.1, 0.15) is 54.4 Å². The quantitative estimate of drug-likeness (QED) is 0.568. The first-order chi connectivity index (χ1) is 16.4. The maximum atomic E-state index is 14.7. The van der Waals surface area contributed by atoms with Crippen molar-refractivity contribution in [1.82, 2.24) is 35.1 Å². The zero-order valence-corrected chi connectivity index (χ0v) is 21.2. The number of likely N-dealkylation sites (tertiary alicyclic amines) is 1. The molecule has 1 saturated heterocycles. The smallest absolute Gasteiger partial charge is 0.229 e. The van der Waals surface area contributed by atoms with E-state index in [1.54, 1.807) is 4.68 Å². The number of rotatable bonds is 4. The fourth-order valence-electron chi connectivity index (χ4n) is 5.23. The molecule has 1 fully saturated rings. The van der Waals surface area contributed by atoms with E-state index in [4.69, 9.17) is 4.74 Å². The van der Waals surface area contributed by atoms with Crippen LogP contribution < -0.4 is 15.4 Å². The molecule has 0 unspecified atom stereocenters. The number of anilines is 3. The summed E-state index contributed by atoms with van der Waals surface area (Å²) in [4.78, 5) is 11.0. The number of tetrazole rings is 1. The molecule has 2 aromatic heterocycles. The third kappa shape index (κ3) is 4.18. The molecule has 3 aromatic rings. The van der Waals surface area contributed by atoms with E-state index in [0.29, 0.717) is 17.3 Å². The van der Waals surface area contributed by atoms with Crippen LogP contribution in [0.15, 0.2) is 24.4 Å². The minimum absolute atomic E-state index is 0.0286. The number of ether oxygens (including phenoxy) is 1. The number of hydrogen-bond acceptors (Lipinski definition) is 9. The van der Waals surface area contributed by atoms with Crippen molar-refractivity contribution in [3.8, 4) is 17.1 Å². The number of halogens is 1. The predicted molar refractivity (Wildman–Crippen MR) is 131 cm³/mol. The minimum Gasteiger partial charge on any atom is -0.466 e. The summed E-state index contributed by atoms with van der Waals surface area (Å²) in [5.74, 6) is 1.28. The summed E-state index contributed by atoms with van der Waals surface area (Å²) in [7, 11) is 2.15. The van der Waals surface area contributed by atoms with Crippen LogP contribution in [0.5, 0.6) is 5.75 Å². The predicted octanol–water partition coefficient (Wildman–Crippen LogP) is 4.16. The Morgan fingerprint density at radius 3 is 2.51 bits per heavy atom. The lowest BCUT2D eigenvalue weighted by Crippen LogP contribution is -2.61. The van der Waals surface area contributed by atoms with Gasteiger partial charge in [0.1, 0.15) is 5.75 Å². The maximum absolute atomic E-state index is 14.7. The summed E-state index contributed by atoms with van der Waals surface area (Å²) in [5.41, 5.74) is 0.702. The van der Waals surface area contributed by atoms with E-state index in [1.165, 1.54) is 6.20 Å². The number of piperidine rings is 1. The highest BCUT2D eigenvalue weighted by Gasteiger charge is 2.43. The third-order valence-corrected chi connectivity index (χ3v) is 7.21. The molecule has 0 spiro atoms. The SMILES string of the molecule is CN1C(C)(C)CC(Nc2nc(Nc3ccc4c(c3)-c3nnnn3C(C)(C)O4)ncc2F)CC1(C)C. The number of hydrogen-bond donors (Lipinski definition) is 2. The van der Waals surface area contributed by atoms with E-state index >= 15 is 0 Å². The van der Waals surface area contributed by atoms with Gasteiger partial charge in [-0.1, -0.05) is 0 Å². The van der Waals surface area contributed by atoms with E-state index < -0.39 is 11.5 Å². The molecule has 186 valence electrons. The Kier molecular flexibility index (Phi) is 5.24. The molecular formula is C24H32FN9O. The molecule has 0 bridgehead atoms. The van der Waals surface area contributed by atoms with Crippen LogP contribution in [-0.2, 0) is 5.72 Å². The topological polar surface area (TPSA) is 106 Å². The molecular weight excluding hydrogens is 449 g/mol. The summed E-state index contributed by atoms with van der Waals surface area (Å²) in [5, 5.41) is 18.5. The lowest BCUT2D eigenvalue weighted by molar-refractivity contribution is -0.00778. The van der Waals surface area contributed by atoms with Crippen molar-refractivity contribution >= 4 is 17.5 Å². The number of fused-ring (bicyclic) bond motifs is 3. The number of benzene rings is 1. The Hall–Kier alpha value is -3.34. The van der Waals surface area contributed by atoms with Gasteiger partial charge in [-0.2, -0.15) is 9.67 Å². The molecule has 11 heteroatoms. The second-order valence-corrected chi connectivity index (χ2v) is 11.1. The Balaban J connectivity index is 1.38. The Bertz CT molecular complexity index is 1250. The zero-order chi connectivity index (χ0) is 25.2. The first-order valence-electron chi connectivity index (χ1n) is 11.8. The van der Waals surface area contributed by atoms with Crippen LogP contribution in [0.3, 0.4) is 0 Å². The summed E-state index contributed by atoms with van der Waals surface area (Å²) < 4.78 is 22.4. The Labute approximate surface area is 204 Å². The molecule has 0 saturated carbocycles. The fourth-order valence-corrected chi connectivity index (χ4v) is 5.23. The molecule has 0 radical (unpaired) electrons. The standard InChI is InChI=1S/C24H32FN9O/c1-22(2)11-15(12-23(3,4)33(22)7)27-19-17(25)13-26-21(29-19)28-14-8-9-18-16(10-14)20-30-31-32-34(20)24(5,6)35-18/h8-10,13,15H,11-12H2,1-7H3,(H2,26,27,28,29). The lowest BCUT2D eigenvalue weighted by atomic mass is 9.77. The Morgan fingerprint density at radius 2 is 1.80 bits per heavy atom. The Morgan fingerprint density at radius 1 is 1.09 bits per heavy atom. The minimum atomic E-state index is -0.696. The van der Waals surface area contributed by atoms with Gasteiger partial charge in [-0.3, -0.25) is 4.90 Å². The first-order valence-corrected chi connectivity index (χ1v) is 11.8. The molecule has 2 aliphatic heterocycles. The molecule has 10 nitrogen and oxygen atoms in total. The van der Waals surface area contributed by atoms with Gasteiger partial charge in [0.2, 0.25) is 11.7 Å². The van der Waals surface area contributed by atoms with E-state index in [1.807, 2.05) is 32.0 Å². The fraction of sp³-hybridized carbons (Fsp3) is 0.542. The molecule has 1 aromatic carbocycles. The second kappa shape index (κ2) is 7.84. The van der Waals surface area contributed by atoms with Crippen LogP contribution in [0.2, 0.25) is 0 Å². The van der Waals surface area contributed by atoms with Crippen molar-refractivity contribution in [2.75, 3.05) is 17.7 Å². The van der Waals surface area contributed by atoms with Gasteiger partial charge >= 0.3 is 0 Å². The van der Waals surface area contributed by atoms with Crippen LogP contribution >= 0.6 is 0 Å². The molecule has 0 aliphatic carbocycles. The molecule has 0 atom stereocenters. The van der Waals surface area contributed by atoms with Crippen molar-refractivity contribution in [1.29, 1.82) is 0 Å². The van der Waals surface area contributed by atoms with Gasteiger partial charge < -0.3 is 15.4 Å². The highest BCUT2D eigenvalue weighted by Crippen LogP contribution is 2.41. The summed E-state index contributed by atoms with van der Waals surface area (Å²) in [6.07, 6.45) is 2.93. The van der Waals surface area contributed by atoms with Crippen molar-refractivity contribution in [3.05, 3.63) is 30.2 Å². The number of nitrogens with zero attached hydrogens (tertiary/aromatic N) is 7. The molecule has 2 N–H and O–H groups in total. The van der Waals surface area contributed by atoms with Gasteiger partial charge in [0.15, 0.2) is 17.5 Å². The van der Waals surface area contributed by atoms with Gasteiger partial charge in [0, 0.05) is 22.8 Å². The number of nitrogens with one attached hydrogen (secondary N) is 2.